The second kappa shape index (κ2) is 8.94. The van der Waals surface area contributed by atoms with Crippen molar-refractivity contribution in [3.05, 3.63) is 58.9 Å². The zero-order valence-corrected chi connectivity index (χ0v) is 15.8. The van der Waals surface area contributed by atoms with Crippen LogP contribution in [0.1, 0.15) is 18.1 Å². The number of ether oxygens (including phenoxy) is 1. The third-order valence-corrected chi connectivity index (χ3v) is 4.80. The van der Waals surface area contributed by atoms with Gasteiger partial charge in [0.1, 0.15) is 0 Å². The molecule has 2 aromatic rings. The van der Waals surface area contributed by atoms with Crippen LogP contribution in [0.15, 0.2) is 35.2 Å². The third-order valence-electron chi connectivity index (χ3n) is 3.65. The minimum absolute atomic E-state index is 0.0128. The van der Waals surface area contributed by atoms with E-state index in [9.17, 15) is 22.8 Å². The molecule has 144 valence electrons. The topological polar surface area (TPSA) is 55.4 Å². The smallest absolute Gasteiger partial charge is 0.317 e. The predicted octanol–water partition coefficient (Wildman–Crippen LogP) is 4.38. The molecule has 0 radical (unpaired) electrons. The van der Waals surface area contributed by atoms with Crippen molar-refractivity contribution in [3.8, 4) is 0 Å². The summed E-state index contributed by atoms with van der Waals surface area (Å²) < 4.78 is 44.7. The molecule has 27 heavy (non-hydrogen) atoms. The SMILES string of the molecule is Cc1ccc(SCC(=O)O[C@@H](C)C(=O)Nc2ccc(F)c(F)c2F)c(C)c1. The molecule has 2 rings (SSSR count). The Hall–Kier alpha value is -2.48. The first-order valence-electron chi connectivity index (χ1n) is 8.03. The summed E-state index contributed by atoms with van der Waals surface area (Å²) in [5.41, 5.74) is 1.59. The normalized spacial score (nSPS) is 11.8. The first-order valence-corrected chi connectivity index (χ1v) is 9.01. The lowest BCUT2D eigenvalue weighted by atomic mass is 10.2. The fraction of sp³-hybridized carbons (Fsp3) is 0.263. The average molecular weight is 397 g/mol. The fourth-order valence-electron chi connectivity index (χ4n) is 2.24. The Kier molecular flexibility index (Phi) is 6.90. The molecule has 1 atom stereocenters. The Morgan fingerprint density at radius 2 is 1.81 bits per heavy atom. The number of carbonyl (C=O) groups is 2. The minimum atomic E-state index is -1.69. The van der Waals surface area contributed by atoms with Gasteiger partial charge >= 0.3 is 5.97 Å². The van der Waals surface area contributed by atoms with Gasteiger partial charge < -0.3 is 10.1 Å². The molecular weight excluding hydrogens is 379 g/mol. The van der Waals surface area contributed by atoms with Crippen LogP contribution in [0.25, 0.3) is 0 Å². The lowest BCUT2D eigenvalue weighted by Gasteiger charge is -2.14. The molecule has 0 aliphatic rings. The molecule has 0 unspecified atom stereocenters. The van der Waals surface area contributed by atoms with Crippen molar-refractivity contribution in [1.82, 2.24) is 0 Å². The highest BCUT2D eigenvalue weighted by atomic mass is 32.2. The number of esters is 1. The molecule has 0 aromatic heterocycles. The number of hydrogen-bond acceptors (Lipinski definition) is 4. The first kappa shape index (κ1) is 20.8. The highest BCUT2D eigenvalue weighted by Gasteiger charge is 2.21. The zero-order valence-electron chi connectivity index (χ0n) is 14.9. The maximum atomic E-state index is 13.6. The Bertz CT molecular complexity index is 874. The summed E-state index contributed by atoms with van der Waals surface area (Å²) in [5.74, 6) is -6.08. The maximum absolute atomic E-state index is 13.6. The van der Waals surface area contributed by atoms with Gasteiger partial charge in [-0.2, -0.15) is 0 Å². The molecule has 8 heteroatoms. The summed E-state index contributed by atoms with van der Waals surface area (Å²) in [6.45, 7) is 5.19. The van der Waals surface area contributed by atoms with E-state index in [1.54, 1.807) is 0 Å². The van der Waals surface area contributed by atoms with Gasteiger partial charge in [0.15, 0.2) is 23.6 Å². The number of anilines is 1. The van der Waals surface area contributed by atoms with Crippen molar-refractivity contribution < 1.29 is 27.5 Å². The number of amides is 1. The van der Waals surface area contributed by atoms with Crippen LogP contribution in [0, 0.1) is 31.3 Å². The fourth-order valence-corrected chi connectivity index (χ4v) is 3.03. The number of aryl methyl sites for hydroxylation is 2. The molecule has 1 amide bonds. The molecule has 0 saturated carbocycles. The van der Waals surface area contributed by atoms with E-state index in [1.807, 2.05) is 32.0 Å². The predicted molar refractivity (Wildman–Crippen MR) is 97.1 cm³/mol. The van der Waals surface area contributed by atoms with Gasteiger partial charge in [-0.3, -0.25) is 9.59 Å². The molecule has 0 fully saturated rings. The number of nitrogens with one attached hydrogen (secondary N) is 1. The van der Waals surface area contributed by atoms with E-state index in [-0.39, 0.29) is 5.75 Å². The quantitative estimate of drug-likeness (QED) is 0.446. The Labute approximate surface area is 159 Å². The van der Waals surface area contributed by atoms with Crippen molar-refractivity contribution >= 4 is 29.3 Å². The van der Waals surface area contributed by atoms with E-state index < -0.39 is 41.1 Å². The van der Waals surface area contributed by atoms with E-state index in [4.69, 9.17) is 4.74 Å². The molecule has 0 bridgehead atoms. The second-order valence-corrected chi connectivity index (χ2v) is 6.92. The molecule has 2 aromatic carbocycles. The monoisotopic (exact) mass is 397 g/mol. The highest BCUT2D eigenvalue weighted by molar-refractivity contribution is 8.00. The average Bonchev–Trinajstić information content (AvgIpc) is 2.61. The van der Waals surface area contributed by atoms with Gasteiger partial charge in [0.05, 0.1) is 11.4 Å². The van der Waals surface area contributed by atoms with Gasteiger partial charge in [-0.15, -0.1) is 11.8 Å². The summed E-state index contributed by atoms with van der Waals surface area (Å²) in [7, 11) is 0. The molecule has 4 nitrogen and oxygen atoms in total. The summed E-state index contributed by atoms with van der Waals surface area (Å²) in [4.78, 5) is 24.8. The van der Waals surface area contributed by atoms with E-state index in [1.165, 1.54) is 18.7 Å². The lowest BCUT2D eigenvalue weighted by molar-refractivity contribution is -0.150. The van der Waals surface area contributed by atoms with E-state index in [2.05, 4.69) is 5.32 Å². The van der Waals surface area contributed by atoms with Gasteiger partial charge in [0.2, 0.25) is 0 Å². The molecule has 0 aliphatic carbocycles. The van der Waals surface area contributed by atoms with Crippen LogP contribution in [-0.2, 0) is 14.3 Å². The van der Waals surface area contributed by atoms with E-state index in [0.717, 1.165) is 22.1 Å². The maximum Gasteiger partial charge on any atom is 0.317 e. The number of hydrogen-bond donors (Lipinski definition) is 1. The molecular formula is C19H18F3NO3S. The first-order chi connectivity index (χ1) is 12.7. The number of carbonyl (C=O) groups excluding carboxylic acids is 2. The van der Waals surface area contributed by atoms with Crippen LogP contribution in [0.4, 0.5) is 18.9 Å². The molecule has 0 saturated heterocycles. The van der Waals surface area contributed by atoms with Gasteiger partial charge in [0, 0.05) is 4.90 Å². The molecule has 1 N–H and O–H groups in total. The van der Waals surface area contributed by atoms with Crippen molar-refractivity contribution in [2.24, 2.45) is 0 Å². The summed E-state index contributed by atoms with van der Waals surface area (Å²) in [6.07, 6.45) is -1.23. The van der Waals surface area contributed by atoms with Gasteiger partial charge in [0.25, 0.3) is 5.91 Å². The number of rotatable bonds is 6. The molecule has 0 spiro atoms. The Balaban J connectivity index is 1.90. The largest absolute Gasteiger partial charge is 0.452 e. The summed E-state index contributed by atoms with van der Waals surface area (Å²) >= 11 is 1.27. The Morgan fingerprint density at radius 3 is 2.48 bits per heavy atom. The lowest BCUT2D eigenvalue weighted by Crippen LogP contribution is -2.31. The summed E-state index contributed by atoms with van der Waals surface area (Å²) in [6, 6.07) is 7.37. The van der Waals surface area contributed by atoms with Gasteiger partial charge in [-0.1, -0.05) is 17.7 Å². The van der Waals surface area contributed by atoms with Crippen LogP contribution >= 0.6 is 11.8 Å². The minimum Gasteiger partial charge on any atom is -0.452 e. The standard InChI is InChI=1S/C19H18F3NO3S/c1-10-4-7-15(11(2)8-10)27-9-16(24)26-12(3)19(25)23-14-6-5-13(20)17(21)18(14)22/h4-8,12H,9H2,1-3H3,(H,23,25)/t12-/m0/s1. The van der Waals surface area contributed by atoms with Crippen LogP contribution < -0.4 is 5.32 Å². The number of thioether (sulfide) groups is 1. The van der Waals surface area contributed by atoms with Crippen molar-refractivity contribution in [2.45, 2.75) is 31.8 Å². The highest BCUT2D eigenvalue weighted by Crippen LogP contribution is 2.23. The number of benzene rings is 2. The molecule has 0 aliphatic heterocycles. The van der Waals surface area contributed by atoms with Crippen LogP contribution in [0.5, 0.6) is 0 Å². The van der Waals surface area contributed by atoms with E-state index >= 15 is 0 Å². The Morgan fingerprint density at radius 1 is 1.11 bits per heavy atom. The van der Waals surface area contributed by atoms with Crippen LogP contribution in [0.3, 0.4) is 0 Å². The van der Waals surface area contributed by atoms with E-state index in [0.29, 0.717) is 6.07 Å². The zero-order chi connectivity index (χ0) is 20.1. The van der Waals surface area contributed by atoms with Crippen LogP contribution in [-0.4, -0.2) is 23.7 Å². The second-order valence-electron chi connectivity index (χ2n) is 5.90. The van der Waals surface area contributed by atoms with Gasteiger partial charge in [-0.05, 0) is 44.5 Å². The summed E-state index contributed by atoms with van der Waals surface area (Å²) in [5, 5.41) is 2.07. The number of halogens is 3. The van der Waals surface area contributed by atoms with Crippen molar-refractivity contribution in [3.63, 3.8) is 0 Å². The van der Waals surface area contributed by atoms with Crippen LogP contribution in [0.2, 0.25) is 0 Å². The van der Waals surface area contributed by atoms with Crippen molar-refractivity contribution in [1.29, 1.82) is 0 Å². The third kappa shape index (κ3) is 5.50. The van der Waals surface area contributed by atoms with Crippen molar-refractivity contribution in [2.75, 3.05) is 11.1 Å². The van der Waals surface area contributed by atoms with Gasteiger partial charge in [-0.25, -0.2) is 13.2 Å². The molecule has 0 heterocycles.